The minimum absolute atomic E-state index is 0.774. The van der Waals surface area contributed by atoms with Crippen molar-refractivity contribution in [3.8, 4) is 6.07 Å². The van der Waals surface area contributed by atoms with Gasteiger partial charge in [-0.1, -0.05) is 35.5 Å². The van der Waals surface area contributed by atoms with Crippen molar-refractivity contribution in [2.75, 3.05) is 6.26 Å². The Morgan fingerprint density at radius 1 is 1.00 bits per heavy atom. The van der Waals surface area contributed by atoms with Crippen LogP contribution in [0.5, 0.6) is 0 Å². The summed E-state index contributed by atoms with van der Waals surface area (Å²) in [6.45, 7) is 2.07. The zero-order valence-corrected chi connectivity index (χ0v) is 11.9. The van der Waals surface area contributed by atoms with Gasteiger partial charge in [-0.05, 0) is 37.4 Å². The average Bonchev–Trinajstić information content (AvgIpc) is 2.41. The lowest BCUT2D eigenvalue weighted by molar-refractivity contribution is 1.25. The van der Waals surface area contributed by atoms with Gasteiger partial charge < -0.3 is 0 Å². The number of thioether (sulfide) groups is 1. The summed E-state index contributed by atoms with van der Waals surface area (Å²) in [7, 11) is 0. The number of hydrogen-bond acceptors (Lipinski definition) is 3. The Hall–Kier alpha value is -1.37. The van der Waals surface area contributed by atoms with Crippen LogP contribution in [0.15, 0.2) is 57.2 Å². The maximum Gasteiger partial charge on any atom is 0.101 e. The molecule has 0 aromatic heterocycles. The minimum atomic E-state index is 0.774. The number of aryl methyl sites for hydroxylation is 1. The van der Waals surface area contributed by atoms with E-state index >= 15 is 0 Å². The van der Waals surface area contributed by atoms with E-state index in [1.807, 2.05) is 24.5 Å². The third-order valence-corrected chi connectivity index (χ3v) is 4.42. The Bertz CT molecular complexity index is 582. The van der Waals surface area contributed by atoms with Gasteiger partial charge in [0.1, 0.15) is 6.07 Å². The molecule has 0 saturated heterocycles. The molecule has 0 unspecified atom stereocenters. The van der Waals surface area contributed by atoms with E-state index in [1.165, 1.54) is 5.56 Å². The molecule has 0 amide bonds. The molecule has 0 fully saturated rings. The molecule has 0 N–H and O–H groups in total. The number of rotatable bonds is 3. The first kappa shape index (κ1) is 13.1. The van der Waals surface area contributed by atoms with Crippen molar-refractivity contribution < 1.29 is 0 Å². The first-order valence-electron chi connectivity index (χ1n) is 5.56. The number of benzene rings is 2. The van der Waals surface area contributed by atoms with E-state index in [0.717, 1.165) is 20.2 Å². The lowest BCUT2D eigenvalue weighted by Crippen LogP contribution is -1.85. The predicted molar refractivity (Wildman–Crippen MR) is 78.2 cm³/mol. The fourth-order valence-corrected chi connectivity index (χ4v) is 3.18. The highest BCUT2D eigenvalue weighted by molar-refractivity contribution is 8.00. The van der Waals surface area contributed by atoms with Gasteiger partial charge in [0.05, 0.1) is 5.56 Å². The molecule has 2 aromatic rings. The monoisotopic (exact) mass is 271 g/mol. The molecule has 18 heavy (non-hydrogen) atoms. The van der Waals surface area contributed by atoms with Gasteiger partial charge in [0, 0.05) is 14.7 Å². The first-order chi connectivity index (χ1) is 8.74. The summed E-state index contributed by atoms with van der Waals surface area (Å²) in [6, 6.07) is 16.7. The highest BCUT2D eigenvalue weighted by atomic mass is 32.2. The predicted octanol–water partition coefficient (Wildman–Crippen LogP) is 4.74. The molecule has 2 rings (SSSR count). The molecule has 0 aliphatic heterocycles. The molecule has 0 aliphatic carbocycles. The topological polar surface area (TPSA) is 23.8 Å². The summed E-state index contributed by atoms with van der Waals surface area (Å²) in [6.07, 6.45) is 2.00. The standard InChI is InChI=1S/C15H13NS2/c1-11-6-8-12(9-7-11)18-15-5-3-4-14(17-2)13(15)10-16/h3-9H,1-2H3. The minimum Gasteiger partial charge on any atom is -0.192 e. The van der Waals surface area contributed by atoms with E-state index in [2.05, 4.69) is 37.3 Å². The van der Waals surface area contributed by atoms with E-state index in [9.17, 15) is 5.26 Å². The molecule has 0 atom stereocenters. The van der Waals surface area contributed by atoms with E-state index in [0.29, 0.717) is 0 Å². The lowest BCUT2D eigenvalue weighted by Gasteiger charge is -2.07. The molecule has 0 spiro atoms. The smallest absolute Gasteiger partial charge is 0.101 e. The van der Waals surface area contributed by atoms with Gasteiger partial charge in [0.2, 0.25) is 0 Å². The van der Waals surface area contributed by atoms with Crippen LogP contribution in [-0.4, -0.2) is 6.26 Å². The van der Waals surface area contributed by atoms with Gasteiger partial charge in [0.15, 0.2) is 0 Å². The van der Waals surface area contributed by atoms with Gasteiger partial charge >= 0.3 is 0 Å². The van der Waals surface area contributed by atoms with Crippen molar-refractivity contribution >= 4 is 23.5 Å². The fourth-order valence-electron chi connectivity index (χ4n) is 1.61. The molecule has 2 aromatic carbocycles. The van der Waals surface area contributed by atoms with Crippen LogP contribution >= 0.6 is 23.5 Å². The highest BCUT2D eigenvalue weighted by Crippen LogP contribution is 2.34. The lowest BCUT2D eigenvalue weighted by atomic mass is 10.2. The van der Waals surface area contributed by atoms with Crippen LogP contribution in [0, 0.1) is 18.3 Å². The van der Waals surface area contributed by atoms with Gasteiger partial charge in [-0.15, -0.1) is 11.8 Å². The molecule has 0 radical (unpaired) electrons. The average molecular weight is 271 g/mol. The second kappa shape index (κ2) is 5.99. The fraction of sp³-hybridized carbons (Fsp3) is 0.133. The first-order valence-corrected chi connectivity index (χ1v) is 7.60. The quantitative estimate of drug-likeness (QED) is 0.753. The largest absolute Gasteiger partial charge is 0.192 e. The van der Waals surface area contributed by atoms with Crippen molar-refractivity contribution in [3.63, 3.8) is 0 Å². The SMILES string of the molecule is CSc1cccc(Sc2ccc(C)cc2)c1C#N. The number of hydrogen-bond donors (Lipinski definition) is 0. The maximum absolute atomic E-state index is 9.28. The van der Waals surface area contributed by atoms with E-state index in [4.69, 9.17) is 0 Å². The van der Waals surface area contributed by atoms with Crippen LogP contribution in [0.1, 0.15) is 11.1 Å². The van der Waals surface area contributed by atoms with Gasteiger partial charge in [-0.3, -0.25) is 0 Å². The Morgan fingerprint density at radius 3 is 2.28 bits per heavy atom. The highest BCUT2D eigenvalue weighted by Gasteiger charge is 2.08. The molecule has 0 heterocycles. The summed E-state index contributed by atoms with van der Waals surface area (Å²) in [5.74, 6) is 0. The number of nitriles is 1. The molecule has 3 heteroatoms. The summed E-state index contributed by atoms with van der Waals surface area (Å²) >= 11 is 3.25. The molecule has 0 saturated carbocycles. The Labute approximate surface area is 116 Å². The van der Waals surface area contributed by atoms with Gasteiger partial charge in [-0.25, -0.2) is 0 Å². The van der Waals surface area contributed by atoms with E-state index in [1.54, 1.807) is 23.5 Å². The van der Waals surface area contributed by atoms with Crippen molar-refractivity contribution in [3.05, 3.63) is 53.6 Å². The van der Waals surface area contributed by atoms with Crippen molar-refractivity contribution in [2.24, 2.45) is 0 Å². The van der Waals surface area contributed by atoms with Crippen LogP contribution in [0.3, 0.4) is 0 Å². The van der Waals surface area contributed by atoms with E-state index < -0.39 is 0 Å². The Balaban J connectivity index is 2.35. The van der Waals surface area contributed by atoms with Crippen molar-refractivity contribution in [1.82, 2.24) is 0 Å². The molecule has 0 aliphatic rings. The maximum atomic E-state index is 9.28. The van der Waals surface area contributed by atoms with Gasteiger partial charge in [0.25, 0.3) is 0 Å². The Morgan fingerprint density at radius 2 is 1.67 bits per heavy atom. The summed E-state index contributed by atoms with van der Waals surface area (Å²) < 4.78 is 0. The Kier molecular flexibility index (Phi) is 4.35. The number of nitrogens with zero attached hydrogens (tertiary/aromatic N) is 1. The second-order valence-corrected chi connectivity index (χ2v) is 5.82. The van der Waals surface area contributed by atoms with Crippen LogP contribution in [0.2, 0.25) is 0 Å². The van der Waals surface area contributed by atoms with Crippen molar-refractivity contribution in [1.29, 1.82) is 5.26 Å². The normalized spacial score (nSPS) is 10.1. The summed E-state index contributed by atoms with van der Waals surface area (Å²) in [5.41, 5.74) is 2.02. The molecular weight excluding hydrogens is 258 g/mol. The van der Waals surface area contributed by atoms with Crippen LogP contribution in [-0.2, 0) is 0 Å². The summed E-state index contributed by atoms with van der Waals surface area (Å²) in [5, 5.41) is 9.28. The van der Waals surface area contributed by atoms with Gasteiger partial charge in [-0.2, -0.15) is 5.26 Å². The van der Waals surface area contributed by atoms with Crippen LogP contribution in [0.4, 0.5) is 0 Å². The van der Waals surface area contributed by atoms with Crippen molar-refractivity contribution in [2.45, 2.75) is 21.6 Å². The van der Waals surface area contributed by atoms with Crippen LogP contribution < -0.4 is 0 Å². The van der Waals surface area contributed by atoms with Crippen LogP contribution in [0.25, 0.3) is 0 Å². The third kappa shape index (κ3) is 2.90. The molecule has 0 bridgehead atoms. The molecule has 1 nitrogen and oxygen atoms in total. The second-order valence-electron chi connectivity index (χ2n) is 3.86. The van der Waals surface area contributed by atoms with E-state index in [-0.39, 0.29) is 0 Å². The summed E-state index contributed by atoms with van der Waals surface area (Å²) in [4.78, 5) is 3.22. The molecular formula is C15H13NS2. The third-order valence-electron chi connectivity index (χ3n) is 2.57. The zero-order chi connectivity index (χ0) is 13.0. The molecule has 90 valence electrons. The zero-order valence-electron chi connectivity index (χ0n) is 10.3.